The minimum atomic E-state index is -0.319. The van der Waals surface area contributed by atoms with Crippen LogP contribution in [-0.2, 0) is 11.2 Å². The second-order valence-corrected chi connectivity index (χ2v) is 3.37. The molecule has 1 aromatic carbocycles. The lowest BCUT2D eigenvalue weighted by Crippen LogP contribution is -2.32. The molecule has 0 N–H and O–H groups in total. The van der Waals surface area contributed by atoms with E-state index < -0.39 is 0 Å². The number of likely N-dealkylation sites (N-methyl/N-ethyl adjacent to an activating group) is 1. The molecule has 0 aliphatic heterocycles. The number of amides is 1. The predicted octanol–water partition coefficient (Wildman–Crippen LogP) is 1.74. The van der Waals surface area contributed by atoms with Gasteiger partial charge in [0, 0.05) is 6.54 Å². The number of rotatable bonds is 4. The smallest absolute Gasteiger partial charge is 0.227 e. The van der Waals surface area contributed by atoms with Gasteiger partial charge in [0.2, 0.25) is 5.91 Å². The number of hydrogen-bond acceptors (Lipinski definition) is 2. The van der Waals surface area contributed by atoms with Crippen LogP contribution in [0.3, 0.4) is 0 Å². The van der Waals surface area contributed by atoms with Crippen LogP contribution in [0.4, 0.5) is 4.39 Å². The summed E-state index contributed by atoms with van der Waals surface area (Å²) in [5.41, 5.74) is 0.753. The predicted molar refractivity (Wildman–Crippen MR) is 58.0 cm³/mol. The molecule has 16 heavy (non-hydrogen) atoms. The van der Waals surface area contributed by atoms with Gasteiger partial charge in [0.1, 0.15) is 12.4 Å². The van der Waals surface area contributed by atoms with Crippen LogP contribution in [0.1, 0.15) is 12.5 Å². The molecule has 0 spiro atoms. The maximum absolute atomic E-state index is 12.6. The lowest BCUT2D eigenvalue weighted by atomic mass is 10.1. The van der Waals surface area contributed by atoms with Crippen LogP contribution in [0.25, 0.3) is 0 Å². The largest absolute Gasteiger partial charge is 0.329 e. The second-order valence-electron chi connectivity index (χ2n) is 3.37. The summed E-state index contributed by atoms with van der Waals surface area (Å²) in [6.45, 7) is 2.42. The maximum atomic E-state index is 12.6. The molecule has 0 saturated carbocycles. The van der Waals surface area contributed by atoms with Crippen molar-refractivity contribution in [2.75, 3.05) is 13.1 Å². The quantitative estimate of drug-likeness (QED) is 0.725. The Balaban J connectivity index is 2.63. The van der Waals surface area contributed by atoms with Gasteiger partial charge in [-0.2, -0.15) is 5.26 Å². The highest BCUT2D eigenvalue weighted by atomic mass is 19.1. The second kappa shape index (κ2) is 5.86. The van der Waals surface area contributed by atoms with Gasteiger partial charge in [0.05, 0.1) is 12.5 Å². The summed E-state index contributed by atoms with van der Waals surface area (Å²) in [5, 5.41) is 8.53. The van der Waals surface area contributed by atoms with Crippen LogP contribution in [-0.4, -0.2) is 23.9 Å². The molecule has 0 aromatic heterocycles. The fourth-order valence-corrected chi connectivity index (χ4v) is 1.35. The topological polar surface area (TPSA) is 44.1 Å². The van der Waals surface area contributed by atoms with Crippen molar-refractivity contribution < 1.29 is 9.18 Å². The van der Waals surface area contributed by atoms with E-state index in [1.54, 1.807) is 12.1 Å². The molecular weight excluding hydrogens is 207 g/mol. The number of halogens is 1. The molecule has 1 rings (SSSR count). The monoisotopic (exact) mass is 220 g/mol. The lowest BCUT2D eigenvalue weighted by molar-refractivity contribution is -0.129. The zero-order valence-corrected chi connectivity index (χ0v) is 9.11. The highest BCUT2D eigenvalue weighted by Crippen LogP contribution is 2.05. The van der Waals surface area contributed by atoms with E-state index in [2.05, 4.69) is 0 Å². The van der Waals surface area contributed by atoms with Gasteiger partial charge < -0.3 is 4.90 Å². The molecule has 0 heterocycles. The Bertz CT molecular complexity index is 394. The first-order chi connectivity index (χ1) is 7.67. The molecule has 0 saturated heterocycles. The highest BCUT2D eigenvalue weighted by molar-refractivity contribution is 5.78. The van der Waals surface area contributed by atoms with Crippen LogP contribution in [0, 0.1) is 17.1 Å². The van der Waals surface area contributed by atoms with Gasteiger partial charge in [-0.3, -0.25) is 4.79 Å². The molecule has 1 aromatic rings. The summed E-state index contributed by atoms with van der Waals surface area (Å²) in [5.74, 6) is -0.434. The minimum absolute atomic E-state index is 0.0938. The van der Waals surface area contributed by atoms with Gasteiger partial charge in [-0.05, 0) is 24.6 Å². The Hall–Kier alpha value is -1.89. The molecule has 0 bridgehead atoms. The third-order valence-electron chi connectivity index (χ3n) is 2.26. The SMILES string of the molecule is CCN(CC#N)C(=O)Cc1ccc(F)cc1. The van der Waals surface area contributed by atoms with Crippen molar-refractivity contribution in [1.82, 2.24) is 4.90 Å². The third-order valence-corrected chi connectivity index (χ3v) is 2.26. The molecule has 0 aliphatic rings. The fourth-order valence-electron chi connectivity index (χ4n) is 1.35. The van der Waals surface area contributed by atoms with E-state index in [0.717, 1.165) is 5.56 Å². The zero-order chi connectivity index (χ0) is 12.0. The Morgan fingerprint density at radius 3 is 2.56 bits per heavy atom. The fraction of sp³-hybridized carbons (Fsp3) is 0.333. The van der Waals surface area contributed by atoms with E-state index in [-0.39, 0.29) is 24.7 Å². The van der Waals surface area contributed by atoms with Crippen molar-refractivity contribution in [2.24, 2.45) is 0 Å². The average molecular weight is 220 g/mol. The normalized spacial score (nSPS) is 9.56. The molecule has 1 amide bonds. The Kier molecular flexibility index (Phi) is 4.46. The van der Waals surface area contributed by atoms with Crippen LogP contribution in [0.5, 0.6) is 0 Å². The van der Waals surface area contributed by atoms with Crippen LogP contribution in [0.2, 0.25) is 0 Å². The summed E-state index contributed by atoms with van der Waals surface area (Å²) >= 11 is 0. The van der Waals surface area contributed by atoms with E-state index in [0.29, 0.717) is 6.54 Å². The Labute approximate surface area is 94.1 Å². The molecule has 0 atom stereocenters. The van der Waals surface area contributed by atoms with Crippen LogP contribution < -0.4 is 0 Å². The van der Waals surface area contributed by atoms with E-state index in [1.807, 2.05) is 13.0 Å². The van der Waals surface area contributed by atoms with E-state index >= 15 is 0 Å². The standard InChI is InChI=1S/C12H13FN2O/c1-2-15(8-7-14)12(16)9-10-3-5-11(13)6-4-10/h3-6H,2,8-9H2,1H3. The summed E-state index contributed by atoms with van der Waals surface area (Å²) in [7, 11) is 0. The van der Waals surface area contributed by atoms with Crippen LogP contribution >= 0.6 is 0 Å². The van der Waals surface area contributed by atoms with Gasteiger partial charge in [0.15, 0.2) is 0 Å². The van der Waals surface area contributed by atoms with Gasteiger partial charge in [-0.25, -0.2) is 4.39 Å². The maximum Gasteiger partial charge on any atom is 0.227 e. The van der Waals surface area contributed by atoms with Gasteiger partial charge in [-0.1, -0.05) is 12.1 Å². The van der Waals surface area contributed by atoms with Gasteiger partial charge in [-0.15, -0.1) is 0 Å². The molecule has 84 valence electrons. The molecule has 4 heteroatoms. The van der Waals surface area contributed by atoms with Crippen molar-refractivity contribution in [3.05, 3.63) is 35.6 Å². The first kappa shape index (κ1) is 12.2. The van der Waals surface area contributed by atoms with Crippen molar-refractivity contribution in [1.29, 1.82) is 5.26 Å². The number of carbonyl (C=O) groups is 1. The number of hydrogen-bond donors (Lipinski definition) is 0. The van der Waals surface area contributed by atoms with Gasteiger partial charge >= 0.3 is 0 Å². The third kappa shape index (κ3) is 3.35. The molecule has 3 nitrogen and oxygen atoms in total. The Morgan fingerprint density at radius 2 is 2.06 bits per heavy atom. The molecule has 0 aliphatic carbocycles. The first-order valence-electron chi connectivity index (χ1n) is 5.06. The molecular formula is C12H13FN2O. The Morgan fingerprint density at radius 1 is 1.44 bits per heavy atom. The number of nitriles is 1. The van der Waals surface area contributed by atoms with Crippen molar-refractivity contribution in [3.63, 3.8) is 0 Å². The lowest BCUT2D eigenvalue weighted by Gasteiger charge is -2.16. The summed E-state index contributed by atoms with van der Waals surface area (Å²) in [4.78, 5) is 13.2. The van der Waals surface area contributed by atoms with Crippen molar-refractivity contribution in [3.8, 4) is 6.07 Å². The van der Waals surface area contributed by atoms with Crippen LogP contribution in [0.15, 0.2) is 24.3 Å². The van der Waals surface area contributed by atoms with Crippen molar-refractivity contribution >= 4 is 5.91 Å². The zero-order valence-electron chi connectivity index (χ0n) is 9.11. The first-order valence-corrected chi connectivity index (χ1v) is 5.06. The summed E-state index contributed by atoms with van der Waals surface area (Å²) in [6.07, 6.45) is 0.204. The van der Waals surface area contributed by atoms with E-state index in [1.165, 1.54) is 17.0 Å². The number of carbonyl (C=O) groups excluding carboxylic acids is 1. The number of benzene rings is 1. The molecule has 0 unspecified atom stereocenters. The highest BCUT2D eigenvalue weighted by Gasteiger charge is 2.11. The molecule has 0 radical (unpaired) electrons. The van der Waals surface area contributed by atoms with E-state index in [4.69, 9.17) is 5.26 Å². The summed E-state index contributed by atoms with van der Waals surface area (Å²) in [6, 6.07) is 7.74. The minimum Gasteiger partial charge on any atom is -0.329 e. The average Bonchev–Trinajstić information content (AvgIpc) is 2.29. The van der Waals surface area contributed by atoms with Gasteiger partial charge in [0.25, 0.3) is 0 Å². The van der Waals surface area contributed by atoms with Crippen molar-refractivity contribution in [2.45, 2.75) is 13.3 Å². The number of nitrogens with zero attached hydrogens (tertiary/aromatic N) is 2. The van der Waals surface area contributed by atoms with E-state index in [9.17, 15) is 9.18 Å². The molecule has 0 fully saturated rings. The summed E-state index contributed by atoms with van der Waals surface area (Å²) < 4.78 is 12.6.